The number of unbranched alkanes of at least 4 members (excludes halogenated alkanes) is 1. The fraction of sp³-hybridized carbons (Fsp3) is 0.529. The summed E-state index contributed by atoms with van der Waals surface area (Å²) in [5, 5.41) is 0. The first-order chi connectivity index (χ1) is 11.6. The summed E-state index contributed by atoms with van der Waals surface area (Å²) in [7, 11) is 1.76. The van der Waals surface area contributed by atoms with E-state index in [1.54, 1.807) is 27.8 Å². The molecular weight excluding hydrogens is 308 g/mol. The Morgan fingerprint density at radius 2 is 1.88 bits per heavy atom. The van der Waals surface area contributed by atoms with Crippen molar-refractivity contribution < 1.29 is 14.4 Å². The summed E-state index contributed by atoms with van der Waals surface area (Å²) in [4.78, 5) is 44.7. The topological polar surface area (TPSA) is 73.8 Å². The van der Waals surface area contributed by atoms with E-state index in [1.807, 2.05) is 0 Å². The van der Waals surface area contributed by atoms with Crippen molar-refractivity contribution in [3.8, 4) is 0 Å². The summed E-state index contributed by atoms with van der Waals surface area (Å²) in [5.41, 5.74) is 0.829. The second-order valence-corrected chi connectivity index (χ2v) is 5.98. The third kappa shape index (κ3) is 4.31. The van der Waals surface area contributed by atoms with Crippen LogP contribution < -0.4 is 0 Å². The molecular formula is C17H24N4O3. The highest BCUT2D eigenvalue weighted by Crippen LogP contribution is 2.11. The van der Waals surface area contributed by atoms with Crippen LogP contribution in [0.4, 0.5) is 0 Å². The van der Waals surface area contributed by atoms with Crippen LogP contribution in [0.5, 0.6) is 0 Å². The third-order valence-electron chi connectivity index (χ3n) is 4.18. The van der Waals surface area contributed by atoms with E-state index in [0.29, 0.717) is 43.9 Å². The van der Waals surface area contributed by atoms with Crippen LogP contribution in [-0.2, 0) is 4.79 Å². The van der Waals surface area contributed by atoms with Crippen LogP contribution in [0.15, 0.2) is 18.5 Å². The first kappa shape index (κ1) is 17.9. The number of amides is 3. The van der Waals surface area contributed by atoms with E-state index in [-0.39, 0.29) is 11.8 Å². The minimum atomic E-state index is -0.154. The van der Waals surface area contributed by atoms with Crippen molar-refractivity contribution in [2.45, 2.75) is 19.8 Å². The van der Waals surface area contributed by atoms with Gasteiger partial charge in [0.05, 0.1) is 11.1 Å². The lowest BCUT2D eigenvalue weighted by atomic mass is 10.1. The molecule has 0 saturated carbocycles. The number of hydrogen-bond acceptors (Lipinski definition) is 4. The second kappa shape index (κ2) is 8.42. The molecule has 0 N–H and O–H groups in total. The molecule has 1 aliphatic rings. The summed E-state index contributed by atoms with van der Waals surface area (Å²) in [6, 6.07) is 1.60. The molecule has 0 bridgehead atoms. The summed E-state index contributed by atoms with van der Waals surface area (Å²) < 4.78 is 0. The lowest BCUT2D eigenvalue weighted by molar-refractivity contribution is -0.119. The van der Waals surface area contributed by atoms with Gasteiger partial charge < -0.3 is 14.7 Å². The standard InChI is InChI=1S/C17H24N4O3/c1-3-4-5-19(2)16(23)14-10-15(12-18-11-14)17(24)21-8-6-20(13-22)7-9-21/h10-13H,3-9H2,1-2H3. The van der Waals surface area contributed by atoms with Crippen molar-refractivity contribution in [3.05, 3.63) is 29.6 Å². The molecule has 2 heterocycles. The highest BCUT2D eigenvalue weighted by molar-refractivity contribution is 5.99. The van der Waals surface area contributed by atoms with E-state index >= 15 is 0 Å². The van der Waals surface area contributed by atoms with Crippen LogP contribution in [0, 0.1) is 0 Å². The molecule has 7 heteroatoms. The quantitative estimate of drug-likeness (QED) is 0.725. The average molecular weight is 332 g/mol. The molecule has 24 heavy (non-hydrogen) atoms. The lowest BCUT2D eigenvalue weighted by Gasteiger charge is -2.32. The molecule has 3 amide bonds. The van der Waals surface area contributed by atoms with Crippen molar-refractivity contribution in [3.63, 3.8) is 0 Å². The molecule has 0 spiro atoms. The smallest absolute Gasteiger partial charge is 0.255 e. The number of carbonyl (C=O) groups excluding carboxylic acids is 3. The minimum absolute atomic E-state index is 0.128. The highest BCUT2D eigenvalue weighted by atomic mass is 16.2. The maximum Gasteiger partial charge on any atom is 0.255 e. The predicted molar refractivity (Wildman–Crippen MR) is 89.6 cm³/mol. The molecule has 0 radical (unpaired) electrons. The van der Waals surface area contributed by atoms with E-state index in [4.69, 9.17) is 0 Å². The van der Waals surface area contributed by atoms with Crippen LogP contribution in [0.25, 0.3) is 0 Å². The molecule has 0 aliphatic carbocycles. The normalized spacial score (nSPS) is 14.4. The van der Waals surface area contributed by atoms with Crippen LogP contribution in [0.3, 0.4) is 0 Å². The Bertz CT molecular complexity index is 597. The van der Waals surface area contributed by atoms with E-state index in [9.17, 15) is 14.4 Å². The van der Waals surface area contributed by atoms with Gasteiger partial charge in [0, 0.05) is 52.2 Å². The van der Waals surface area contributed by atoms with Gasteiger partial charge in [-0.05, 0) is 12.5 Å². The predicted octanol–water partition coefficient (Wildman–Crippen LogP) is 0.868. The Hall–Kier alpha value is -2.44. The summed E-state index contributed by atoms with van der Waals surface area (Å²) >= 11 is 0. The van der Waals surface area contributed by atoms with E-state index in [2.05, 4.69) is 11.9 Å². The fourth-order valence-corrected chi connectivity index (χ4v) is 2.60. The molecule has 1 aliphatic heterocycles. The maximum absolute atomic E-state index is 12.6. The zero-order valence-electron chi connectivity index (χ0n) is 14.3. The van der Waals surface area contributed by atoms with Gasteiger partial charge in [0.25, 0.3) is 11.8 Å². The van der Waals surface area contributed by atoms with Crippen molar-refractivity contribution in [2.75, 3.05) is 39.8 Å². The van der Waals surface area contributed by atoms with Crippen molar-refractivity contribution in [1.82, 2.24) is 19.7 Å². The minimum Gasteiger partial charge on any atom is -0.342 e. The molecule has 1 aromatic heterocycles. The van der Waals surface area contributed by atoms with Crippen LogP contribution >= 0.6 is 0 Å². The zero-order valence-corrected chi connectivity index (χ0v) is 14.3. The highest BCUT2D eigenvalue weighted by Gasteiger charge is 2.22. The molecule has 130 valence electrons. The summed E-state index contributed by atoms with van der Waals surface area (Å²) in [5.74, 6) is -0.282. The Balaban J connectivity index is 2.05. The Kier molecular flexibility index (Phi) is 6.28. The molecule has 7 nitrogen and oxygen atoms in total. The van der Waals surface area contributed by atoms with Crippen LogP contribution in [-0.4, -0.2) is 77.7 Å². The van der Waals surface area contributed by atoms with Crippen molar-refractivity contribution in [2.24, 2.45) is 0 Å². The first-order valence-electron chi connectivity index (χ1n) is 8.26. The second-order valence-electron chi connectivity index (χ2n) is 5.98. The van der Waals surface area contributed by atoms with Crippen LogP contribution in [0.1, 0.15) is 40.5 Å². The van der Waals surface area contributed by atoms with Crippen molar-refractivity contribution >= 4 is 18.2 Å². The Morgan fingerprint density at radius 3 is 2.50 bits per heavy atom. The van der Waals surface area contributed by atoms with Gasteiger partial charge in [-0.3, -0.25) is 19.4 Å². The lowest BCUT2D eigenvalue weighted by Crippen LogP contribution is -2.48. The summed E-state index contributed by atoms with van der Waals surface area (Å²) in [6.45, 7) is 4.80. The first-order valence-corrected chi connectivity index (χ1v) is 8.26. The molecule has 0 atom stereocenters. The van der Waals surface area contributed by atoms with E-state index < -0.39 is 0 Å². The summed E-state index contributed by atoms with van der Waals surface area (Å²) in [6.07, 6.45) is 5.73. The molecule has 1 saturated heterocycles. The van der Waals surface area contributed by atoms with Gasteiger partial charge in [-0.25, -0.2) is 0 Å². The van der Waals surface area contributed by atoms with Gasteiger partial charge in [0.2, 0.25) is 6.41 Å². The molecule has 2 rings (SSSR count). The van der Waals surface area contributed by atoms with Gasteiger partial charge in [-0.1, -0.05) is 13.3 Å². The largest absolute Gasteiger partial charge is 0.342 e. The number of pyridine rings is 1. The number of rotatable bonds is 6. The van der Waals surface area contributed by atoms with Gasteiger partial charge in [-0.15, -0.1) is 0 Å². The van der Waals surface area contributed by atoms with Crippen LogP contribution in [0.2, 0.25) is 0 Å². The molecule has 1 aromatic rings. The number of aromatic nitrogens is 1. The SMILES string of the molecule is CCCCN(C)C(=O)c1cncc(C(=O)N2CCN(C=O)CC2)c1. The molecule has 0 unspecified atom stereocenters. The Labute approximate surface area is 142 Å². The maximum atomic E-state index is 12.6. The number of nitrogens with zero attached hydrogens (tertiary/aromatic N) is 4. The number of hydrogen-bond donors (Lipinski definition) is 0. The molecule has 1 fully saturated rings. The van der Waals surface area contributed by atoms with Crippen molar-refractivity contribution in [1.29, 1.82) is 0 Å². The van der Waals surface area contributed by atoms with E-state index in [0.717, 1.165) is 19.3 Å². The average Bonchev–Trinajstić information content (AvgIpc) is 2.65. The van der Waals surface area contributed by atoms with Gasteiger partial charge in [0.1, 0.15) is 0 Å². The number of piperazine rings is 1. The van der Waals surface area contributed by atoms with Gasteiger partial charge in [0.15, 0.2) is 0 Å². The number of carbonyl (C=O) groups is 3. The third-order valence-corrected chi connectivity index (χ3v) is 4.18. The van der Waals surface area contributed by atoms with E-state index in [1.165, 1.54) is 12.4 Å². The monoisotopic (exact) mass is 332 g/mol. The van der Waals surface area contributed by atoms with Gasteiger partial charge in [-0.2, -0.15) is 0 Å². The fourth-order valence-electron chi connectivity index (χ4n) is 2.60. The van der Waals surface area contributed by atoms with Gasteiger partial charge >= 0.3 is 0 Å². The Morgan fingerprint density at radius 1 is 1.21 bits per heavy atom. The zero-order chi connectivity index (χ0) is 17.5. The molecule has 0 aromatic carbocycles.